The predicted molar refractivity (Wildman–Crippen MR) is 88.5 cm³/mol. The van der Waals surface area contributed by atoms with E-state index >= 15 is 0 Å². The van der Waals surface area contributed by atoms with Crippen molar-refractivity contribution in [1.29, 1.82) is 0 Å². The number of halogens is 3. The summed E-state index contributed by atoms with van der Waals surface area (Å²) >= 11 is 3.19. The molecule has 1 heterocycles. The molecule has 0 aliphatic carbocycles. The van der Waals surface area contributed by atoms with E-state index in [0.29, 0.717) is 17.1 Å². The molecule has 1 saturated heterocycles. The normalized spacial score (nSPS) is 18.3. The quantitative estimate of drug-likeness (QED) is 0.825. The van der Waals surface area contributed by atoms with E-state index in [1.165, 1.54) is 6.07 Å². The minimum atomic E-state index is -0.430. The molecular formula is C14H20BrClFN3O. The Bertz CT molecular complexity index is 489. The first-order valence-corrected chi connectivity index (χ1v) is 7.53. The Labute approximate surface area is 139 Å². The second kappa shape index (κ2) is 8.68. The molecule has 4 nitrogen and oxygen atoms in total. The van der Waals surface area contributed by atoms with E-state index in [1.54, 1.807) is 12.1 Å². The van der Waals surface area contributed by atoms with E-state index in [-0.39, 0.29) is 24.0 Å². The van der Waals surface area contributed by atoms with E-state index in [9.17, 15) is 9.18 Å². The molecule has 2 N–H and O–H groups in total. The van der Waals surface area contributed by atoms with Crippen LogP contribution in [0.1, 0.15) is 12.8 Å². The number of rotatable bonds is 5. The van der Waals surface area contributed by atoms with Gasteiger partial charge in [-0.3, -0.25) is 9.69 Å². The number of amides is 1. The van der Waals surface area contributed by atoms with Gasteiger partial charge in [0.1, 0.15) is 5.82 Å². The fourth-order valence-electron chi connectivity index (χ4n) is 2.54. The number of carbonyl (C=O) groups is 1. The first kappa shape index (κ1) is 18.4. The largest absolute Gasteiger partial charge is 0.322 e. The lowest BCUT2D eigenvalue weighted by molar-refractivity contribution is -0.117. The molecule has 1 amide bonds. The Hall–Kier alpha value is -0.690. The van der Waals surface area contributed by atoms with Crippen molar-refractivity contribution in [3.63, 3.8) is 0 Å². The van der Waals surface area contributed by atoms with Crippen LogP contribution >= 0.6 is 28.3 Å². The maximum absolute atomic E-state index is 13.7. The fraction of sp³-hybridized carbons (Fsp3) is 0.500. The topological polar surface area (TPSA) is 44.4 Å². The third kappa shape index (κ3) is 5.21. The highest BCUT2D eigenvalue weighted by molar-refractivity contribution is 9.10. The van der Waals surface area contributed by atoms with Gasteiger partial charge in [0.25, 0.3) is 0 Å². The van der Waals surface area contributed by atoms with Crippen LogP contribution in [0.3, 0.4) is 0 Å². The van der Waals surface area contributed by atoms with Crippen molar-refractivity contribution in [3.05, 3.63) is 28.5 Å². The van der Waals surface area contributed by atoms with Crippen LogP contribution in [0.4, 0.5) is 10.1 Å². The van der Waals surface area contributed by atoms with Crippen molar-refractivity contribution in [1.82, 2.24) is 10.2 Å². The minimum absolute atomic E-state index is 0. The lowest BCUT2D eigenvalue weighted by Crippen LogP contribution is -2.41. The number of hydrogen-bond donors (Lipinski definition) is 2. The second-order valence-electron chi connectivity index (χ2n) is 5.00. The van der Waals surface area contributed by atoms with Crippen molar-refractivity contribution in [2.75, 3.05) is 32.0 Å². The van der Waals surface area contributed by atoms with Crippen molar-refractivity contribution in [2.45, 2.75) is 18.9 Å². The van der Waals surface area contributed by atoms with E-state index < -0.39 is 5.82 Å². The maximum atomic E-state index is 13.7. The maximum Gasteiger partial charge on any atom is 0.238 e. The molecule has 7 heteroatoms. The number of anilines is 1. The van der Waals surface area contributed by atoms with Crippen molar-refractivity contribution < 1.29 is 9.18 Å². The first-order chi connectivity index (χ1) is 9.60. The number of likely N-dealkylation sites (tertiary alicyclic amines) is 1. The highest BCUT2D eigenvalue weighted by Gasteiger charge is 2.25. The SMILES string of the molecule is CNCC1CCCN1CC(=O)Nc1ccc(Br)cc1F.Cl. The van der Waals surface area contributed by atoms with Gasteiger partial charge in [-0.15, -0.1) is 12.4 Å². The summed E-state index contributed by atoms with van der Waals surface area (Å²) in [7, 11) is 1.91. The minimum Gasteiger partial charge on any atom is -0.322 e. The lowest BCUT2D eigenvalue weighted by atomic mass is 10.2. The monoisotopic (exact) mass is 379 g/mol. The summed E-state index contributed by atoms with van der Waals surface area (Å²) in [6, 6.07) is 5.00. The summed E-state index contributed by atoms with van der Waals surface area (Å²) in [5.41, 5.74) is 0.225. The summed E-state index contributed by atoms with van der Waals surface area (Å²) < 4.78 is 14.3. The molecule has 0 radical (unpaired) electrons. The van der Waals surface area contributed by atoms with Crippen LogP contribution in [0, 0.1) is 5.82 Å². The summed E-state index contributed by atoms with van der Waals surface area (Å²) in [6.45, 7) is 2.10. The van der Waals surface area contributed by atoms with Gasteiger partial charge in [-0.1, -0.05) is 15.9 Å². The number of hydrogen-bond acceptors (Lipinski definition) is 3. The third-order valence-electron chi connectivity index (χ3n) is 3.49. The Morgan fingerprint density at radius 1 is 1.52 bits per heavy atom. The van der Waals surface area contributed by atoms with Crippen molar-refractivity contribution in [3.8, 4) is 0 Å². The second-order valence-corrected chi connectivity index (χ2v) is 5.91. The molecule has 0 bridgehead atoms. The molecule has 0 saturated carbocycles. The molecule has 1 aliphatic rings. The van der Waals surface area contributed by atoms with Gasteiger partial charge < -0.3 is 10.6 Å². The molecule has 1 aromatic carbocycles. The van der Waals surface area contributed by atoms with Gasteiger partial charge in [-0.2, -0.15) is 0 Å². The molecule has 1 aromatic rings. The molecule has 1 unspecified atom stereocenters. The molecule has 21 heavy (non-hydrogen) atoms. The van der Waals surface area contributed by atoms with Crippen LogP contribution in [0.25, 0.3) is 0 Å². The first-order valence-electron chi connectivity index (χ1n) is 6.73. The average Bonchev–Trinajstić information content (AvgIpc) is 2.81. The molecule has 1 aliphatic heterocycles. The van der Waals surface area contributed by atoms with Gasteiger partial charge in [0.05, 0.1) is 12.2 Å². The van der Waals surface area contributed by atoms with E-state index in [1.807, 2.05) is 7.05 Å². The number of nitrogens with one attached hydrogen (secondary N) is 2. The van der Waals surface area contributed by atoms with Gasteiger partial charge in [0, 0.05) is 17.1 Å². The number of benzene rings is 1. The third-order valence-corrected chi connectivity index (χ3v) is 3.98. The van der Waals surface area contributed by atoms with Gasteiger partial charge in [0.2, 0.25) is 5.91 Å². The molecule has 1 fully saturated rings. The van der Waals surface area contributed by atoms with E-state index in [4.69, 9.17) is 0 Å². The molecular weight excluding hydrogens is 361 g/mol. The fourth-order valence-corrected chi connectivity index (χ4v) is 2.87. The summed E-state index contributed by atoms with van der Waals surface area (Å²) in [5, 5.41) is 5.77. The van der Waals surface area contributed by atoms with Crippen LogP contribution < -0.4 is 10.6 Å². The van der Waals surface area contributed by atoms with Crippen molar-refractivity contribution >= 4 is 39.9 Å². The van der Waals surface area contributed by atoms with Gasteiger partial charge in [0.15, 0.2) is 0 Å². The molecule has 118 valence electrons. The van der Waals surface area contributed by atoms with Crippen LogP contribution in [-0.2, 0) is 4.79 Å². The van der Waals surface area contributed by atoms with Crippen molar-refractivity contribution in [2.24, 2.45) is 0 Å². The standard InChI is InChI=1S/C14H19BrFN3O.ClH/c1-17-8-11-3-2-6-19(11)9-14(20)18-13-5-4-10(15)7-12(13)16;/h4-5,7,11,17H,2-3,6,8-9H2,1H3,(H,18,20);1H. The lowest BCUT2D eigenvalue weighted by Gasteiger charge is -2.23. The van der Waals surface area contributed by atoms with Crippen LogP contribution in [0.2, 0.25) is 0 Å². The molecule has 0 spiro atoms. The van der Waals surface area contributed by atoms with Crippen LogP contribution in [0.15, 0.2) is 22.7 Å². The summed E-state index contributed by atoms with van der Waals surface area (Å²) in [6.07, 6.45) is 2.20. The Morgan fingerprint density at radius 2 is 2.29 bits per heavy atom. The smallest absolute Gasteiger partial charge is 0.238 e. The van der Waals surface area contributed by atoms with E-state index in [0.717, 1.165) is 25.9 Å². The summed E-state index contributed by atoms with van der Waals surface area (Å²) in [4.78, 5) is 14.1. The van der Waals surface area contributed by atoms with Gasteiger partial charge >= 0.3 is 0 Å². The van der Waals surface area contributed by atoms with Crippen LogP contribution in [0.5, 0.6) is 0 Å². The Kier molecular flexibility index (Phi) is 7.59. The zero-order valence-corrected chi connectivity index (χ0v) is 14.3. The zero-order valence-electron chi connectivity index (χ0n) is 11.9. The van der Waals surface area contributed by atoms with Crippen LogP contribution in [-0.4, -0.2) is 43.5 Å². The Balaban J connectivity index is 0.00000220. The van der Waals surface area contributed by atoms with Gasteiger partial charge in [-0.25, -0.2) is 4.39 Å². The molecule has 0 aromatic heterocycles. The highest BCUT2D eigenvalue weighted by Crippen LogP contribution is 2.20. The molecule has 1 atom stereocenters. The average molecular weight is 381 g/mol. The zero-order chi connectivity index (χ0) is 14.5. The predicted octanol–water partition coefficient (Wildman–Crippen LogP) is 2.63. The summed E-state index contributed by atoms with van der Waals surface area (Å²) in [5.74, 6) is -0.602. The number of likely N-dealkylation sites (N-methyl/N-ethyl adjacent to an activating group) is 1. The Morgan fingerprint density at radius 3 is 2.95 bits per heavy atom. The number of carbonyl (C=O) groups excluding carboxylic acids is 1. The van der Waals surface area contributed by atoms with E-state index in [2.05, 4.69) is 31.5 Å². The highest BCUT2D eigenvalue weighted by atomic mass is 79.9. The number of nitrogens with zero attached hydrogens (tertiary/aromatic N) is 1. The molecule has 2 rings (SSSR count). The van der Waals surface area contributed by atoms with Gasteiger partial charge in [-0.05, 0) is 44.6 Å².